The first-order valence-corrected chi connectivity index (χ1v) is 7.11. The van der Waals surface area contributed by atoms with Gasteiger partial charge in [0.05, 0.1) is 7.11 Å². The quantitative estimate of drug-likeness (QED) is 0.270. The van der Waals surface area contributed by atoms with Crippen LogP contribution in [0.25, 0.3) is 6.08 Å². The van der Waals surface area contributed by atoms with E-state index in [-0.39, 0.29) is 23.9 Å². The molecule has 0 amide bonds. The molecule has 130 valence electrons. The summed E-state index contributed by atoms with van der Waals surface area (Å²) >= 11 is 0. The van der Waals surface area contributed by atoms with Crippen LogP contribution in [0.5, 0.6) is 17.2 Å². The Morgan fingerprint density at radius 3 is 2.80 bits per heavy atom. The number of hydrogen-bond donors (Lipinski definition) is 1. The summed E-state index contributed by atoms with van der Waals surface area (Å²) in [6.45, 7) is -0.235. The molecule has 0 saturated heterocycles. The van der Waals surface area contributed by atoms with Gasteiger partial charge in [-0.15, -0.1) is 10.1 Å². The van der Waals surface area contributed by atoms with Crippen LogP contribution < -0.4 is 9.47 Å². The molecule has 0 saturated carbocycles. The van der Waals surface area contributed by atoms with Gasteiger partial charge >= 0.3 is 5.97 Å². The first kappa shape index (κ1) is 17.8. The van der Waals surface area contributed by atoms with Crippen LogP contribution in [0.15, 0.2) is 48.5 Å². The molecular formula is C17H15NO7. The van der Waals surface area contributed by atoms with E-state index in [0.717, 1.165) is 0 Å². The minimum Gasteiger partial charge on any atom is -0.504 e. The van der Waals surface area contributed by atoms with E-state index in [4.69, 9.17) is 9.47 Å². The summed E-state index contributed by atoms with van der Waals surface area (Å²) in [5.41, 5.74) is 1.13. The van der Waals surface area contributed by atoms with E-state index in [2.05, 4.69) is 4.84 Å². The number of carbonyl (C=O) groups excluding carboxylic acids is 1. The zero-order chi connectivity index (χ0) is 18.2. The molecule has 8 heteroatoms. The molecule has 0 aliphatic rings. The highest BCUT2D eigenvalue weighted by Gasteiger charge is 2.05. The molecule has 8 nitrogen and oxygen atoms in total. The Morgan fingerprint density at radius 2 is 2.08 bits per heavy atom. The van der Waals surface area contributed by atoms with Gasteiger partial charge in [0.2, 0.25) is 0 Å². The number of methoxy groups -OCH3 is 1. The van der Waals surface area contributed by atoms with Crippen molar-refractivity contribution in [1.29, 1.82) is 0 Å². The van der Waals surface area contributed by atoms with Crippen LogP contribution >= 0.6 is 0 Å². The number of hydrogen-bond acceptors (Lipinski definition) is 7. The number of carbonyl (C=O) groups is 1. The van der Waals surface area contributed by atoms with Gasteiger partial charge in [0, 0.05) is 6.08 Å². The topological polar surface area (TPSA) is 108 Å². The molecule has 0 atom stereocenters. The van der Waals surface area contributed by atoms with Gasteiger partial charge in [0.25, 0.3) is 5.09 Å². The molecule has 2 aromatic rings. The number of benzene rings is 2. The molecule has 1 N–H and O–H groups in total. The predicted octanol–water partition coefficient (Wildman–Crippen LogP) is 2.73. The number of rotatable bonds is 7. The van der Waals surface area contributed by atoms with E-state index in [9.17, 15) is 20.0 Å². The van der Waals surface area contributed by atoms with Crippen molar-refractivity contribution >= 4 is 12.0 Å². The fraction of sp³-hybridized carbons (Fsp3) is 0.118. The summed E-state index contributed by atoms with van der Waals surface area (Å²) in [7, 11) is 1.42. The maximum Gasteiger partial charge on any atom is 0.336 e. The molecule has 0 aliphatic heterocycles. The molecule has 0 fully saturated rings. The Kier molecular flexibility index (Phi) is 5.94. The zero-order valence-corrected chi connectivity index (χ0v) is 13.2. The van der Waals surface area contributed by atoms with Gasteiger partial charge in [-0.2, -0.15) is 0 Å². The standard InChI is InChI=1S/C17H15NO7/c1-23-16-10-12(5-7-15(16)19)6-8-17(20)25-14-4-2-3-13(9-14)11-24-18(21)22/h2-10,19H,11H2,1H3/b8-6+. The van der Waals surface area contributed by atoms with Crippen LogP contribution in [-0.2, 0) is 16.2 Å². The lowest BCUT2D eigenvalue weighted by Gasteiger charge is -2.05. The summed E-state index contributed by atoms with van der Waals surface area (Å²) in [5, 5.41) is 18.8. The third kappa shape index (κ3) is 5.54. The second-order valence-electron chi connectivity index (χ2n) is 4.83. The molecule has 2 aromatic carbocycles. The van der Waals surface area contributed by atoms with Crippen molar-refractivity contribution in [3.05, 3.63) is 69.8 Å². The lowest BCUT2D eigenvalue weighted by Crippen LogP contribution is -2.05. The fourth-order valence-corrected chi connectivity index (χ4v) is 1.94. The van der Waals surface area contributed by atoms with Crippen LogP contribution in [0.1, 0.15) is 11.1 Å². The Bertz CT molecular complexity index is 801. The van der Waals surface area contributed by atoms with Crippen LogP contribution in [0.2, 0.25) is 0 Å². The first-order valence-electron chi connectivity index (χ1n) is 7.11. The molecule has 0 aliphatic carbocycles. The number of nitrogens with zero attached hydrogens (tertiary/aromatic N) is 1. The van der Waals surface area contributed by atoms with Crippen molar-refractivity contribution < 1.29 is 29.3 Å². The van der Waals surface area contributed by atoms with Gasteiger partial charge in [0.1, 0.15) is 12.4 Å². The number of phenols is 1. The summed E-state index contributed by atoms with van der Waals surface area (Å²) in [6.07, 6.45) is 2.72. The third-order valence-corrected chi connectivity index (χ3v) is 3.07. The van der Waals surface area contributed by atoms with Gasteiger partial charge in [-0.25, -0.2) is 4.79 Å². The van der Waals surface area contributed by atoms with Gasteiger partial charge < -0.3 is 19.4 Å². The van der Waals surface area contributed by atoms with E-state index < -0.39 is 11.1 Å². The number of ether oxygens (including phenoxy) is 2. The molecule has 0 bridgehead atoms. The van der Waals surface area contributed by atoms with Crippen LogP contribution in [-0.4, -0.2) is 23.3 Å². The van der Waals surface area contributed by atoms with E-state index in [0.29, 0.717) is 11.1 Å². The van der Waals surface area contributed by atoms with Crippen molar-refractivity contribution in [2.45, 2.75) is 6.61 Å². The lowest BCUT2D eigenvalue weighted by molar-refractivity contribution is -0.763. The maximum atomic E-state index is 11.9. The highest BCUT2D eigenvalue weighted by molar-refractivity contribution is 5.88. The predicted molar refractivity (Wildman–Crippen MR) is 87.6 cm³/mol. The van der Waals surface area contributed by atoms with Crippen molar-refractivity contribution in [3.8, 4) is 17.2 Å². The normalized spacial score (nSPS) is 10.4. The maximum absolute atomic E-state index is 11.9. The average Bonchev–Trinajstić information content (AvgIpc) is 2.59. The lowest BCUT2D eigenvalue weighted by atomic mass is 10.2. The Balaban J connectivity index is 2.00. The molecular weight excluding hydrogens is 330 g/mol. The van der Waals surface area contributed by atoms with E-state index in [1.807, 2.05) is 0 Å². The first-order chi connectivity index (χ1) is 12.0. The largest absolute Gasteiger partial charge is 0.504 e. The van der Waals surface area contributed by atoms with Crippen molar-refractivity contribution in [2.24, 2.45) is 0 Å². The summed E-state index contributed by atoms with van der Waals surface area (Å²) < 4.78 is 10.1. The Hall–Kier alpha value is -3.55. The molecule has 25 heavy (non-hydrogen) atoms. The number of phenolic OH excluding ortho intramolecular Hbond substituents is 1. The number of esters is 1. The van der Waals surface area contributed by atoms with Crippen LogP contribution in [0.3, 0.4) is 0 Å². The van der Waals surface area contributed by atoms with Gasteiger partial charge in [-0.3, -0.25) is 0 Å². The van der Waals surface area contributed by atoms with Crippen molar-refractivity contribution in [3.63, 3.8) is 0 Å². The Morgan fingerprint density at radius 1 is 1.28 bits per heavy atom. The van der Waals surface area contributed by atoms with Crippen LogP contribution in [0, 0.1) is 10.1 Å². The second kappa shape index (κ2) is 8.34. The van der Waals surface area contributed by atoms with Crippen LogP contribution in [0.4, 0.5) is 0 Å². The molecule has 0 heterocycles. The SMILES string of the molecule is COc1cc(/C=C/C(=O)Oc2cccc(CO[N+](=O)[O-])c2)ccc1O. The summed E-state index contributed by atoms with van der Waals surface area (Å²) in [4.78, 5) is 26.3. The molecule has 2 rings (SSSR count). The van der Waals surface area contributed by atoms with E-state index >= 15 is 0 Å². The monoisotopic (exact) mass is 345 g/mol. The van der Waals surface area contributed by atoms with Crippen molar-refractivity contribution in [1.82, 2.24) is 0 Å². The van der Waals surface area contributed by atoms with E-state index in [1.165, 1.54) is 31.4 Å². The van der Waals surface area contributed by atoms with Gasteiger partial charge in [0.15, 0.2) is 11.5 Å². The Labute approximate surface area is 143 Å². The highest BCUT2D eigenvalue weighted by Crippen LogP contribution is 2.26. The second-order valence-corrected chi connectivity index (χ2v) is 4.83. The fourth-order valence-electron chi connectivity index (χ4n) is 1.94. The molecule has 0 aromatic heterocycles. The molecule has 0 unspecified atom stereocenters. The molecule has 0 spiro atoms. The minimum atomic E-state index is -0.895. The van der Waals surface area contributed by atoms with Crippen molar-refractivity contribution in [2.75, 3.05) is 7.11 Å². The van der Waals surface area contributed by atoms with Gasteiger partial charge in [-0.1, -0.05) is 18.2 Å². The highest BCUT2D eigenvalue weighted by atomic mass is 16.9. The van der Waals surface area contributed by atoms with Gasteiger partial charge in [-0.05, 0) is 41.5 Å². The minimum absolute atomic E-state index is 0.00372. The average molecular weight is 345 g/mol. The molecule has 0 radical (unpaired) electrons. The van der Waals surface area contributed by atoms with E-state index in [1.54, 1.807) is 30.3 Å². The zero-order valence-electron chi connectivity index (χ0n) is 13.2. The smallest absolute Gasteiger partial charge is 0.336 e. The summed E-state index contributed by atoms with van der Waals surface area (Å²) in [5.74, 6) is -0.105. The number of aromatic hydroxyl groups is 1. The summed E-state index contributed by atoms with van der Waals surface area (Å²) in [6, 6.07) is 10.8. The third-order valence-electron chi connectivity index (χ3n) is 3.07.